The third-order valence-corrected chi connectivity index (χ3v) is 2.94. The second kappa shape index (κ2) is 2.69. The highest BCUT2D eigenvalue weighted by Crippen LogP contribution is 2.49. The molecule has 3 aliphatic rings. The maximum Gasteiger partial charge on any atom is 0.246 e. The van der Waals surface area contributed by atoms with Crippen LogP contribution < -0.4 is 5.32 Å². The third-order valence-electron chi connectivity index (χ3n) is 2.94. The molecule has 2 bridgehead atoms. The standard InChI is InChI=1S/C8H11N3O.ClH/c1-5-10-7(12-11-5)8-2-6(3-8)4-9-8;/h6,9H,2-4H2,1H3;1H. The number of halogens is 1. The van der Waals surface area contributed by atoms with Crippen LogP contribution in [0.3, 0.4) is 0 Å². The first kappa shape index (κ1) is 8.97. The number of nitrogens with one attached hydrogen (secondary N) is 1. The molecule has 1 aromatic rings. The van der Waals surface area contributed by atoms with Gasteiger partial charge in [0.15, 0.2) is 5.82 Å². The summed E-state index contributed by atoms with van der Waals surface area (Å²) in [6.45, 7) is 2.97. The largest absolute Gasteiger partial charge is 0.337 e. The predicted molar refractivity (Wildman–Crippen MR) is 48.7 cm³/mol. The molecule has 4 nitrogen and oxygen atoms in total. The zero-order chi connectivity index (χ0) is 8.18. The Bertz CT molecular complexity index is 313. The van der Waals surface area contributed by atoms with Gasteiger partial charge in [-0.1, -0.05) is 5.16 Å². The van der Waals surface area contributed by atoms with Crippen molar-refractivity contribution in [2.75, 3.05) is 6.54 Å². The van der Waals surface area contributed by atoms with Gasteiger partial charge >= 0.3 is 0 Å². The van der Waals surface area contributed by atoms with Gasteiger partial charge in [-0.05, 0) is 32.2 Å². The first-order chi connectivity index (χ1) is 5.78. The van der Waals surface area contributed by atoms with Gasteiger partial charge in [0.05, 0.1) is 5.54 Å². The van der Waals surface area contributed by atoms with Gasteiger partial charge in [-0.15, -0.1) is 12.4 Å². The summed E-state index contributed by atoms with van der Waals surface area (Å²) in [5.41, 5.74) is 0.0614. The van der Waals surface area contributed by atoms with Gasteiger partial charge in [0, 0.05) is 0 Å². The van der Waals surface area contributed by atoms with Gasteiger partial charge in [0.25, 0.3) is 0 Å². The number of fused-ring (bicyclic) bond motifs is 1. The lowest BCUT2D eigenvalue weighted by atomic mass is 9.73. The fraction of sp³-hybridized carbons (Fsp3) is 0.750. The van der Waals surface area contributed by atoms with E-state index in [2.05, 4.69) is 15.5 Å². The lowest BCUT2D eigenvalue weighted by Gasteiger charge is -2.33. The monoisotopic (exact) mass is 201 g/mol. The maximum atomic E-state index is 5.17. The minimum atomic E-state index is 0. The van der Waals surface area contributed by atoms with E-state index in [-0.39, 0.29) is 17.9 Å². The quantitative estimate of drug-likeness (QED) is 0.737. The average molecular weight is 202 g/mol. The van der Waals surface area contributed by atoms with E-state index in [0.29, 0.717) is 0 Å². The van der Waals surface area contributed by atoms with Crippen LogP contribution in [-0.4, -0.2) is 16.7 Å². The summed E-state index contributed by atoms with van der Waals surface area (Å²) in [6, 6.07) is 0. The Labute approximate surface area is 82.5 Å². The van der Waals surface area contributed by atoms with Crippen LogP contribution in [0.2, 0.25) is 0 Å². The second-order valence-electron chi connectivity index (χ2n) is 3.88. The molecule has 0 spiro atoms. The molecule has 0 amide bonds. The summed E-state index contributed by atoms with van der Waals surface area (Å²) in [5.74, 6) is 2.36. The number of hydrogen-bond donors (Lipinski definition) is 1. The minimum Gasteiger partial charge on any atom is -0.337 e. The van der Waals surface area contributed by atoms with Crippen LogP contribution in [0.15, 0.2) is 4.52 Å². The molecular weight excluding hydrogens is 190 g/mol. The Morgan fingerprint density at radius 1 is 1.54 bits per heavy atom. The summed E-state index contributed by atoms with van der Waals surface area (Å²) >= 11 is 0. The van der Waals surface area contributed by atoms with E-state index in [1.807, 2.05) is 6.92 Å². The molecule has 3 heterocycles. The van der Waals surface area contributed by atoms with Crippen LogP contribution in [0.4, 0.5) is 0 Å². The SMILES string of the molecule is Cc1noc(C23CC(CN2)C3)n1.Cl. The van der Waals surface area contributed by atoms with E-state index in [1.165, 1.54) is 12.8 Å². The van der Waals surface area contributed by atoms with Crippen LogP contribution in [0.1, 0.15) is 24.6 Å². The van der Waals surface area contributed by atoms with Crippen molar-refractivity contribution in [1.82, 2.24) is 15.5 Å². The van der Waals surface area contributed by atoms with E-state index in [1.54, 1.807) is 0 Å². The fourth-order valence-electron chi connectivity index (χ4n) is 2.30. The van der Waals surface area contributed by atoms with Crippen molar-refractivity contribution in [3.8, 4) is 0 Å². The first-order valence-electron chi connectivity index (χ1n) is 4.34. The van der Waals surface area contributed by atoms with Gasteiger partial charge < -0.3 is 9.84 Å². The zero-order valence-corrected chi connectivity index (χ0v) is 8.23. The molecule has 72 valence electrons. The molecule has 0 atom stereocenters. The third kappa shape index (κ3) is 1.09. The molecule has 5 heteroatoms. The normalized spacial score (nSPS) is 35.3. The minimum absolute atomic E-state index is 0. The molecule has 1 aromatic heterocycles. The van der Waals surface area contributed by atoms with Crippen molar-refractivity contribution in [2.45, 2.75) is 25.3 Å². The van der Waals surface area contributed by atoms with E-state index >= 15 is 0 Å². The molecule has 1 aliphatic carbocycles. The molecule has 13 heavy (non-hydrogen) atoms. The van der Waals surface area contributed by atoms with Gasteiger partial charge in [-0.3, -0.25) is 0 Å². The Kier molecular flexibility index (Phi) is 1.85. The van der Waals surface area contributed by atoms with Gasteiger partial charge in [-0.2, -0.15) is 4.98 Å². The van der Waals surface area contributed by atoms with Crippen molar-refractivity contribution in [3.05, 3.63) is 11.7 Å². The highest BCUT2D eigenvalue weighted by molar-refractivity contribution is 5.85. The fourth-order valence-corrected chi connectivity index (χ4v) is 2.30. The Hall–Kier alpha value is -0.610. The summed E-state index contributed by atoms with van der Waals surface area (Å²) in [7, 11) is 0. The van der Waals surface area contributed by atoms with E-state index in [0.717, 1.165) is 24.2 Å². The maximum absolute atomic E-state index is 5.17. The smallest absolute Gasteiger partial charge is 0.246 e. The van der Waals surface area contributed by atoms with Crippen LogP contribution in [0.5, 0.6) is 0 Å². The van der Waals surface area contributed by atoms with Crippen LogP contribution >= 0.6 is 12.4 Å². The average Bonchev–Trinajstić information content (AvgIpc) is 2.55. The van der Waals surface area contributed by atoms with Crippen LogP contribution in [0, 0.1) is 12.8 Å². The van der Waals surface area contributed by atoms with Crippen LogP contribution in [0.25, 0.3) is 0 Å². The molecule has 1 saturated carbocycles. The number of aromatic nitrogens is 2. The number of nitrogens with zero attached hydrogens (tertiary/aromatic N) is 2. The summed E-state index contributed by atoms with van der Waals surface area (Å²) in [5, 5.41) is 7.25. The molecule has 3 fully saturated rings. The molecule has 0 aromatic carbocycles. The highest BCUT2D eigenvalue weighted by Gasteiger charge is 2.54. The van der Waals surface area contributed by atoms with E-state index < -0.39 is 0 Å². The molecule has 0 radical (unpaired) electrons. The van der Waals surface area contributed by atoms with Crippen molar-refractivity contribution in [2.24, 2.45) is 5.92 Å². The molecular formula is C8H12ClN3O. The van der Waals surface area contributed by atoms with Gasteiger partial charge in [0.2, 0.25) is 5.89 Å². The first-order valence-corrected chi connectivity index (χ1v) is 4.34. The Balaban J connectivity index is 0.000000653. The number of rotatable bonds is 1. The summed E-state index contributed by atoms with van der Waals surface area (Å²) in [6.07, 6.45) is 2.35. The highest BCUT2D eigenvalue weighted by atomic mass is 35.5. The van der Waals surface area contributed by atoms with E-state index in [4.69, 9.17) is 4.52 Å². The molecule has 0 unspecified atom stereocenters. The topological polar surface area (TPSA) is 51.0 Å². The van der Waals surface area contributed by atoms with E-state index in [9.17, 15) is 0 Å². The van der Waals surface area contributed by atoms with Gasteiger partial charge in [0.1, 0.15) is 0 Å². The number of hydrogen-bond acceptors (Lipinski definition) is 4. The van der Waals surface area contributed by atoms with Crippen LogP contribution in [-0.2, 0) is 5.54 Å². The van der Waals surface area contributed by atoms with Crippen molar-refractivity contribution in [3.63, 3.8) is 0 Å². The molecule has 1 N–H and O–H groups in total. The summed E-state index contributed by atoms with van der Waals surface area (Å²) in [4.78, 5) is 4.26. The Morgan fingerprint density at radius 3 is 2.77 bits per heavy atom. The van der Waals surface area contributed by atoms with Gasteiger partial charge in [-0.25, -0.2) is 0 Å². The lowest BCUT2D eigenvalue weighted by molar-refractivity contribution is 0.166. The predicted octanol–water partition coefficient (Wildman–Crippen LogP) is 1.01. The lowest BCUT2D eigenvalue weighted by Crippen LogP contribution is -2.40. The Morgan fingerprint density at radius 2 is 2.31 bits per heavy atom. The molecule has 2 saturated heterocycles. The number of aryl methyl sites for hydroxylation is 1. The van der Waals surface area contributed by atoms with Crippen molar-refractivity contribution >= 4 is 12.4 Å². The molecule has 4 rings (SSSR count). The molecule has 2 aliphatic heterocycles. The summed E-state index contributed by atoms with van der Waals surface area (Å²) < 4.78 is 5.17. The van der Waals surface area contributed by atoms with Crippen molar-refractivity contribution < 1.29 is 4.52 Å². The zero-order valence-electron chi connectivity index (χ0n) is 7.41. The second-order valence-corrected chi connectivity index (χ2v) is 3.88. The van der Waals surface area contributed by atoms with Crippen molar-refractivity contribution in [1.29, 1.82) is 0 Å².